The highest BCUT2D eigenvalue weighted by Gasteiger charge is 2.49. The normalized spacial score (nSPS) is 17.6. The second-order valence-electron chi connectivity index (χ2n) is 8.09. The maximum Gasteiger partial charge on any atom is 0.490 e. The van der Waals surface area contributed by atoms with Crippen molar-refractivity contribution in [3.8, 4) is 11.1 Å². The summed E-state index contributed by atoms with van der Waals surface area (Å²) in [5.41, 5.74) is 7.86. The molecule has 3 N–H and O–H groups in total. The molecule has 3 aromatic rings. The number of benzene rings is 3. The Morgan fingerprint density at radius 3 is 1.95 bits per heavy atom. The molecule has 3 aromatic carbocycles. The minimum Gasteiger partial charge on any atom is -0.475 e. The molecule has 0 aliphatic carbocycles. The first kappa shape index (κ1) is 27.4. The second kappa shape index (κ2) is 10.1. The van der Waals surface area contributed by atoms with E-state index in [0.717, 1.165) is 16.7 Å². The zero-order chi connectivity index (χ0) is 27.6. The van der Waals surface area contributed by atoms with Gasteiger partial charge < -0.3 is 10.8 Å². The number of sulfone groups is 1. The Morgan fingerprint density at radius 1 is 0.946 bits per heavy atom. The van der Waals surface area contributed by atoms with Gasteiger partial charge in [0.05, 0.1) is 4.90 Å². The first-order valence-corrected chi connectivity index (χ1v) is 12.5. The Kier molecular flexibility index (Phi) is 7.44. The van der Waals surface area contributed by atoms with Crippen LogP contribution < -0.4 is 5.73 Å². The molecular formula is C25H22F3N3O5S. The van der Waals surface area contributed by atoms with Crippen molar-refractivity contribution < 1.29 is 36.3 Å². The summed E-state index contributed by atoms with van der Waals surface area (Å²) in [6, 6.07) is 23.5. The number of nitrogens with zero attached hydrogens (tertiary/aromatic N) is 2. The molecule has 37 heavy (non-hydrogen) atoms. The Hall–Kier alpha value is -4.19. The van der Waals surface area contributed by atoms with Crippen LogP contribution in [0.1, 0.15) is 11.1 Å². The van der Waals surface area contributed by atoms with E-state index in [1.807, 2.05) is 54.6 Å². The van der Waals surface area contributed by atoms with Crippen LogP contribution >= 0.6 is 0 Å². The third-order valence-corrected chi connectivity index (χ3v) is 6.70. The molecule has 12 heteroatoms. The molecule has 1 heterocycles. The fourth-order valence-electron chi connectivity index (χ4n) is 3.68. The molecule has 1 amide bonds. The Labute approximate surface area is 210 Å². The lowest BCUT2D eigenvalue weighted by atomic mass is 9.82. The van der Waals surface area contributed by atoms with E-state index in [4.69, 9.17) is 15.6 Å². The Morgan fingerprint density at radius 2 is 1.49 bits per heavy atom. The number of amides is 1. The number of hydrogen-bond acceptors (Lipinski definition) is 6. The summed E-state index contributed by atoms with van der Waals surface area (Å²) in [5.74, 6) is -2.82. The van der Waals surface area contributed by atoms with Crippen LogP contribution in [0.3, 0.4) is 0 Å². The number of rotatable bonds is 4. The van der Waals surface area contributed by atoms with Crippen LogP contribution in [0, 0.1) is 0 Å². The van der Waals surface area contributed by atoms with E-state index in [1.54, 1.807) is 31.3 Å². The molecule has 0 saturated heterocycles. The van der Waals surface area contributed by atoms with Crippen LogP contribution in [0.25, 0.3) is 11.1 Å². The van der Waals surface area contributed by atoms with Crippen LogP contribution in [0.15, 0.2) is 88.8 Å². The van der Waals surface area contributed by atoms with Gasteiger partial charge >= 0.3 is 12.1 Å². The number of aliphatic imine (C=N–C) groups is 1. The number of carbonyl (C=O) groups excluding carboxylic acids is 1. The Balaban J connectivity index is 0.000000479. The van der Waals surface area contributed by atoms with Gasteiger partial charge in [-0.05, 0) is 40.5 Å². The number of alkyl halides is 3. The molecule has 194 valence electrons. The number of likely N-dealkylation sites (N-methyl/N-ethyl adjacent to an activating group) is 1. The lowest BCUT2D eigenvalue weighted by molar-refractivity contribution is -0.192. The van der Waals surface area contributed by atoms with E-state index in [2.05, 4.69) is 4.99 Å². The minimum atomic E-state index is -5.08. The van der Waals surface area contributed by atoms with Crippen molar-refractivity contribution in [2.24, 2.45) is 10.7 Å². The van der Waals surface area contributed by atoms with Crippen molar-refractivity contribution in [1.29, 1.82) is 0 Å². The second-order valence-corrected chi connectivity index (χ2v) is 10.1. The van der Waals surface area contributed by atoms with Gasteiger partial charge in [-0.15, -0.1) is 0 Å². The highest BCUT2D eigenvalue weighted by molar-refractivity contribution is 7.90. The molecule has 0 saturated carbocycles. The molecule has 1 aliphatic heterocycles. The van der Waals surface area contributed by atoms with Crippen LogP contribution in [-0.2, 0) is 25.0 Å². The van der Waals surface area contributed by atoms with Crippen LogP contribution in [0.5, 0.6) is 0 Å². The number of carboxylic acids is 1. The zero-order valence-electron chi connectivity index (χ0n) is 19.6. The van der Waals surface area contributed by atoms with E-state index in [0.29, 0.717) is 5.56 Å². The highest BCUT2D eigenvalue weighted by Crippen LogP contribution is 2.40. The maximum atomic E-state index is 13.3. The van der Waals surface area contributed by atoms with Crippen molar-refractivity contribution in [2.45, 2.75) is 16.6 Å². The summed E-state index contributed by atoms with van der Waals surface area (Å²) < 4.78 is 55.2. The van der Waals surface area contributed by atoms with E-state index in [9.17, 15) is 26.4 Å². The molecular weight excluding hydrogens is 511 g/mol. The molecule has 0 bridgehead atoms. The van der Waals surface area contributed by atoms with Crippen molar-refractivity contribution in [3.05, 3.63) is 90.0 Å². The minimum absolute atomic E-state index is 0.159. The van der Waals surface area contributed by atoms with E-state index in [1.165, 1.54) is 11.2 Å². The fraction of sp³-hybridized carbons (Fsp3) is 0.160. The quantitative estimate of drug-likeness (QED) is 0.529. The van der Waals surface area contributed by atoms with Gasteiger partial charge in [0.2, 0.25) is 0 Å². The lowest BCUT2D eigenvalue weighted by Crippen LogP contribution is -2.41. The third kappa shape index (κ3) is 5.64. The average Bonchev–Trinajstić information content (AvgIpc) is 3.09. The maximum absolute atomic E-state index is 13.3. The number of aliphatic carboxylic acids is 1. The molecule has 1 atom stereocenters. The predicted octanol–water partition coefficient (Wildman–Crippen LogP) is 3.42. The largest absolute Gasteiger partial charge is 0.490 e. The smallest absolute Gasteiger partial charge is 0.475 e. The molecule has 0 radical (unpaired) electrons. The zero-order valence-corrected chi connectivity index (χ0v) is 20.4. The monoisotopic (exact) mass is 533 g/mol. The summed E-state index contributed by atoms with van der Waals surface area (Å²) in [6.07, 6.45) is -3.91. The first-order chi connectivity index (χ1) is 17.2. The van der Waals surface area contributed by atoms with Crippen LogP contribution in [0.4, 0.5) is 13.2 Å². The van der Waals surface area contributed by atoms with E-state index in [-0.39, 0.29) is 16.8 Å². The van der Waals surface area contributed by atoms with Gasteiger partial charge in [-0.1, -0.05) is 60.7 Å². The van der Waals surface area contributed by atoms with Gasteiger partial charge in [-0.2, -0.15) is 13.2 Å². The molecule has 4 rings (SSSR count). The summed E-state index contributed by atoms with van der Waals surface area (Å²) in [6.45, 7) is 0. The number of halogens is 3. The molecule has 1 aliphatic rings. The average molecular weight is 534 g/mol. The Bertz CT molecular complexity index is 1460. The number of carboxylic acid groups (broad SMARTS) is 1. The van der Waals surface area contributed by atoms with Gasteiger partial charge in [0.15, 0.2) is 21.3 Å². The predicted molar refractivity (Wildman–Crippen MR) is 130 cm³/mol. The fourth-order valence-corrected chi connectivity index (χ4v) is 4.31. The van der Waals surface area contributed by atoms with Crippen molar-refractivity contribution in [2.75, 3.05) is 13.3 Å². The summed E-state index contributed by atoms with van der Waals surface area (Å²) >= 11 is 0. The molecule has 0 aromatic heterocycles. The summed E-state index contributed by atoms with van der Waals surface area (Å²) in [5, 5.41) is 7.12. The number of carbonyl (C=O) groups is 2. The lowest BCUT2D eigenvalue weighted by Gasteiger charge is -2.26. The van der Waals surface area contributed by atoms with Crippen LogP contribution in [-0.4, -0.2) is 55.7 Å². The third-order valence-electron chi connectivity index (χ3n) is 5.57. The topological polar surface area (TPSA) is 130 Å². The van der Waals surface area contributed by atoms with Gasteiger partial charge in [0.25, 0.3) is 5.91 Å². The number of hydrogen-bond donors (Lipinski definition) is 2. The first-order valence-electron chi connectivity index (χ1n) is 10.6. The highest BCUT2D eigenvalue weighted by atomic mass is 32.2. The van der Waals surface area contributed by atoms with Crippen molar-refractivity contribution in [1.82, 2.24) is 4.90 Å². The number of nitrogens with two attached hydrogens (primary N) is 1. The van der Waals surface area contributed by atoms with Crippen molar-refractivity contribution >= 4 is 27.7 Å². The molecule has 0 fully saturated rings. The molecule has 0 spiro atoms. The molecule has 8 nitrogen and oxygen atoms in total. The van der Waals surface area contributed by atoms with E-state index < -0.39 is 27.5 Å². The van der Waals surface area contributed by atoms with Crippen LogP contribution in [0.2, 0.25) is 0 Å². The summed E-state index contributed by atoms with van der Waals surface area (Å²) in [4.78, 5) is 28.4. The van der Waals surface area contributed by atoms with E-state index >= 15 is 0 Å². The molecule has 1 unspecified atom stereocenters. The van der Waals surface area contributed by atoms with Gasteiger partial charge in [0.1, 0.15) is 0 Å². The van der Waals surface area contributed by atoms with Crippen molar-refractivity contribution in [3.63, 3.8) is 0 Å². The SMILES string of the molecule is CN1C(=O)C(c2ccccc2)(c2cccc(-c3ccc(S(C)(=O)=O)cc3)c2)N=C1N.O=C(O)C(F)(F)F. The van der Waals surface area contributed by atoms with Gasteiger partial charge in [0, 0.05) is 13.3 Å². The summed E-state index contributed by atoms with van der Waals surface area (Å²) in [7, 11) is -1.66. The van der Waals surface area contributed by atoms with Gasteiger partial charge in [-0.25, -0.2) is 18.2 Å². The van der Waals surface area contributed by atoms with Gasteiger partial charge in [-0.3, -0.25) is 9.69 Å². The number of guanidine groups is 1. The standard InChI is InChI=1S/C23H21N3O3S.C2HF3O2/c1-26-21(27)23(25-22(26)24,18-8-4-3-5-9-18)19-10-6-7-17(15-19)16-11-13-20(14-12-16)30(2,28)29;3-2(4,5)1(6)7/h3-15H,1-2H3,(H2,24,25);(H,6,7).